The van der Waals surface area contributed by atoms with Gasteiger partial charge in [0.1, 0.15) is 5.82 Å². The molecule has 82 valence electrons. The van der Waals surface area contributed by atoms with E-state index in [0.717, 1.165) is 38.4 Å². The maximum atomic E-state index is 5.34. The molecule has 0 unspecified atom stereocenters. The number of hydrogen-bond acceptors (Lipinski definition) is 4. The zero-order valence-corrected chi connectivity index (χ0v) is 9.62. The molecule has 0 spiro atoms. The number of aromatic amines is 1. The molecule has 0 fully saturated rings. The van der Waals surface area contributed by atoms with Crippen LogP contribution in [0.15, 0.2) is 0 Å². The molecule has 0 amide bonds. The molecule has 1 aromatic rings. The number of nitrogens with one attached hydrogen (secondary N) is 2. The van der Waals surface area contributed by atoms with Crippen LogP contribution in [0.5, 0.6) is 0 Å². The number of nitrogens with zero attached hydrogens (tertiary/aromatic N) is 1. The molecule has 0 saturated heterocycles. The molecule has 0 bridgehead atoms. The van der Waals surface area contributed by atoms with Crippen molar-refractivity contribution in [1.29, 1.82) is 0 Å². The van der Waals surface area contributed by atoms with Crippen LogP contribution in [0.4, 0.5) is 5.82 Å². The van der Waals surface area contributed by atoms with Crippen molar-refractivity contribution in [2.45, 2.75) is 19.8 Å². The lowest BCUT2D eigenvalue weighted by Gasteiger charge is -2.07. The van der Waals surface area contributed by atoms with Gasteiger partial charge in [-0.15, -0.1) is 0 Å². The standard InChI is InChI=1S/C10H15N3OS/c1-2-14-6-4-8-7-3-5-11-9(7)13-10(15)12-8/h2-6H2,1H3,(H2,11,12,13,15). The Bertz CT molecular complexity index is 402. The van der Waals surface area contributed by atoms with Crippen molar-refractivity contribution in [3.63, 3.8) is 0 Å². The summed E-state index contributed by atoms with van der Waals surface area (Å²) in [6.07, 6.45) is 1.90. The summed E-state index contributed by atoms with van der Waals surface area (Å²) in [5, 5.41) is 3.23. The van der Waals surface area contributed by atoms with Gasteiger partial charge in [-0.25, -0.2) is 4.98 Å². The van der Waals surface area contributed by atoms with Gasteiger partial charge in [0, 0.05) is 30.8 Å². The molecule has 0 aromatic carbocycles. The first kappa shape index (κ1) is 10.6. The Balaban J connectivity index is 2.19. The van der Waals surface area contributed by atoms with Gasteiger partial charge in [0.2, 0.25) is 0 Å². The number of aromatic nitrogens is 2. The lowest BCUT2D eigenvalue weighted by Crippen LogP contribution is -2.04. The largest absolute Gasteiger partial charge is 0.381 e. The second-order valence-electron chi connectivity index (χ2n) is 3.47. The quantitative estimate of drug-likeness (QED) is 0.605. The number of H-pyrrole nitrogens is 1. The molecule has 0 saturated carbocycles. The van der Waals surface area contributed by atoms with Crippen LogP contribution >= 0.6 is 12.2 Å². The Morgan fingerprint density at radius 3 is 3.20 bits per heavy atom. The SMILES string of the molecule is CCOCCc1[nH]c(=S)nc2c1CCN2. The maximum Gasteiger partial charge on any atom is 0.198 e. The van der Waals surface area contributed by atoms with Gasteiger partial charge in [0.15, 0.2) is 4.77 Å². The number of ether oxygens (including phenoxy) is 1. The van der Waals surface area contributed by atoms with Crippen molar-refractivity contribution in [3.05, 3.63) is 16.0 Å². The number of rotatable bonds is 4. The van der Waals surface area contributed by atoms with Crippen LogP contribution in [0.2, 0.25) is 0 Å². The topological polar surface area (TPSA) is 49.9 Å². The maximum absolute atomic E-state index is 5.34. The third-order valence-electron chi connectivity index (χ3n) is 2.49. The van der Waals surface area contributed by atoms with Crippen molar-refractivity contribution in [3.8, 4) is 0 Å². The molecule has 0 radical (unpaired) electrons. The fourth-order valence-corrected chi connectivity index (χ4v) is 2.01. The van der Waals surface area contributed by atoms with Crippen molar-refractivity contribution in [2.75, 3.05) is 25.1 Å². The lowest BCUT2D eigenvalue weighted by molar-refractivity contribution is 0.150. The van der Waals surface area contributed by atoms with E-state index < -0.39 is 0 Å². The Labute approximate surface area is 94.1 Å². The molecule has 15 heavy (non-hydrogen) atoms. The first-order valence-electron chi connectivity index (χ1n) is 5.25. The Kier molecular flexibility index (Phi) is 3.33. The normalized spacial score (nSPS) is 13.7. The van der Waals surface area contributed by atoms with Crippen LogP contribution in [-0.2, 0) is 17.6 Å². The minimum absolute atomic E-state index is 0.551. The first-order valence-corrected chi connectivity index (χ1v) is 5.65. The summed E-state index contributed by atoms with van der Waals surface area (Å²) in [4.78, 5) is 7.40. The smallest absolute Gasteiger partial charge is 0.198 e. The predicted molar refractivity (Wildman–Crippen MR) is 61.8 cm³/mol. The summed E-state index contributed by atoms with van der Waals surface area (Å²) in [7, 11) is 0. The fraction of sp³-hybridized carbons (Fsp3) is 0.600. The Hall–Kier alpha value is -0.940. The van der Waals surface area contributed by atoms with E-state index in [9.17, 15) is 0 Å². The fourth-order valence-electron chi connectivity index (χ4n) is 1.80. The van der Waals surface area contributed by atoms with E-state index in [0.29, 0.717) is 4.77 Å². The average molecular weight is 225 g/mol. The first-order chi connectivity index (χ1) is 7.31. The summed E-state index contributed by atoms with van der Waals surface area (Å²) < 4.78 is 5.89. The van der Waals surface area contributed by atoms with Gasteiger partial charge >= 0.3 is 0 Å². The van der Waals surface area contributed by atoms with Crippen LogP contribution in [0, 0.1) is 4.77 Å². The van der Waals surface area contributed by atoms with Gasteiger partial charge in [0.05, 0.1) is 6.61 Å². The van der Waals surface area contributed by atoms with Gasteiger partial charge in [-0.3, -0.25) is 0 Å². The highest BCUT2D eigenvalue weighted by atomic mass is 32.1. The lowest BCUT2D eigenvalue weighted by atomic mass is 10.1. The summed E-state index contributed by atoms with van der Waals surface area (Å²) in [6.45, 7) is 4.45. The highest BCUT2D eigenvalue weighted by Gasteiger charge is 2.15. The summed E-state index contributed by atoms with van der Waals surface area (Å²) in [5.41, 5.74) is 2.44. The summed E-state index contributed by atoms with van der Waals surface area (Å²) >= 11 is 5.07. The van der Waals surface area contributed by atoms with E-state index in [4.69, 9.17) is 17.0 Å². The van der Waals surface area contributed by atoms with Crippen molar-refractivity contribution < 1.29 is 4.74 Å². The van der Waals surface area contributed by atoms with Crippen molar-refractivity contribution in [1.82, 2.24) is 9.97 Å². The highest BCUT2D eigenvalue weighted by molar-refractivity contribution is 7.71. The van der Waals surface area contributed by atoms with Gasteiger partial charge in [-0.1, -0.05) is 0 Å². The molecule has 1 aliphatic heterocycles. The van der Waals surface area contributed by atoms with Gasteiger partial charge in [0.25, 0.3) is 0 Å². The summed E-state index contributed by atoms with van der Waals surface area (Å²) in [6, 6.07) is 0. The predicted octanol–water partition coefficient (Wildman–Crippen LogP) is 1.69. The van der Waals surface area contributed by atoms with Crippen LogP contribution in [0.25, 0.3) is 0 Å². The molecule has 2 rings (SSSR count). The van der Waals surface area contributed by atoms with Crippen molar-refractivity contribution in [2.24, 2.45) is 0 Å². The number of anilines is 1. The minimum atomic E-state index is 0.551. The molecular weight excluding hydrogens is 210 g/mol. The average Bonchev–Trinajstić information content (AvgIpc) is 2.65. The van der Waals surface area contributed by atoms with E-state index in [1.807, 2.05) is 6.92 Å². The van der Waals surface area contributed by atoms with Crippen LogP contribution < -0.4 is 5.32 Å². The van der Waals surface area contributed by atoms with E-state index >= 15 is 0 Å². The molecule has 4 nitrogen and oxygen atoms in total. The van der Waals surface area contributed by atoms with E-state index in [2.05, 4.69) is 15.3 Å². The molecular formula is C10H15N3OS. The van der Waals surface area contributed by atoms with Gasteiger partial charge in [-0.05, 0) is 25.6 Å². The van der Waals surface area contributed by atoms with E-state index in [1.54, 1.807) is 0 Å². The van der Waals surface area contributed by atoms with Gasteiger partial charge in [-0.2, -0.15) is 0 Å². The second-order valence-corrected chi connectivity index (χ2v) is 3.86. The zero-order valence-electron chi connectivity index (χ0n) is 8.80. The molecule has 0 atom stereocenters. The Morgan fingerprint density at radius 1 is 1.53 bits per heavy atom. The molecule has 2 N–H and O–H groups in total. The summed E-state index contributed by atoms with van der Waals surface area (Å²) in [5.74, 6) is 0.949. The third kappa shape index (κ3) is 2.35. The molecule has 0 aliphatic carbocycles. The van der Waals surface area contributed by atoms with Crippen LogP contribution in [0.1, 0.15) is 18.2 Å². The van der Waals surface area contributed by atoms with Crippen LogP contribution in [0.3, 0.4) is 0 Å². The van der Waals surface area contributed by atoms with E-state index in [1.165, 1.54) is 11.3 Å². The molecule has 5 heteroatoms. The highest BCUT2D eigenvalue weighted by Crippen LogP contribution is 2.21. The van der Waals surface area contributed by atoms with Crippen molar-refractivity contribution >= 4 is 18.0 Å². The zero-order chi connectivity index (χ0) is 10.7. The number of hydrogen-bond donors (Lipinski definition) is 2. The minimum Gasteiger partial charge on any atom is -0.381 e. The second kappa shape index (κ2) is 4.72. The third-order valence-corrected chi connectivity index (χ3v) is 2.68. The van der Waals surface area contributed by atoms with Crippen LogP contribution in [-0.4, -0.2) is 29.7 Å². The number of fused-ring (bicyclic) bond motifs is 1. The molecule has 2 heterocycles. The molecule has 1 aliphatic rings. The monoisotopic (exact) mass is 225 g/mol. The van der Waals surface area contributed by atoms with Gasteiger partial charge < -0.3 is 15.0 Å². The Morgan fingerprint density at radius 2 is 2.40 bits per heavy atom. The molecule has 1 aromatic heterocycles. The van der Waals surface area contributed by atoms with E-state index in [-0.39, 0.29) is 0 Å².